The number of hydrogen-bond donors (Lipinski definition) is 1. The van der Waals surface area contributed by atoms with Crippen LogP contribution in [0.3, 0.4) is 0 Å². The molecule has 2 aromatic rings. The number of Topliss-reactive ketones (excluding diaryl/α,β-unsaturated/α-hetero) is 1. The van der Waals surface area contributed by atoms with Crippen molar-refractivity contribution in [1.82, 2.24) is 4.98 Å². The molecule has 1 amide bonds. The van der Waals surface area contributed by atoms with Crippen molar-refractivity contribution in [1.29, 1.82) is 5.26 Å². The Kier molecular flexibility index (Phi) is 4.00. The topological polar surface area (TPSA) is 82.8 Å². The van der Waals surface area contributed by atoms with E-state index in [4.69, 9.17) is 5.26 Å². The summed E-state index contributed by atoms with van der Waals surface area (Å²) >= 11 is 1.22. The molecular weight excluding hydrogens is 262 g/mol. The van der Waals surface area contributed by atoms with Gasteiger partial charge in [-0.1, -0.05) is 30.3 Å². The summed E-state index contributed by atoms with van der Waals surface area (Å²) < 4.78 is 0. The third kappa shape index (κ3) is 3.03. The maximum absolute atomic E-state index is 12.0. The van der Waals surface area contributed by atoms with Gasteiger partial charge in [-0.2, -0.15) is 5.26 Å². The minimum absolute atomic E-state index is 0.336. The van der Waals surface area contributed by atoms with Gasteiger partial charge in [0.15, 0.2) is 16.8 Å². The molecule has 6 heteroatoms. The van der Waals surface area contributed by atoms with E-state index in [0.29, 0.717) is 10.7 Å². The Balaban J connectivity index is 2.14. The van der Waals surface area contributed by atoms with Gasteiger partial charge in [0.25, 0.3) is 5.91 Å². The number of nitrogens with zero attached hydrogens (tertiary/aromatic N) is 2. The molecule has 5 nitrogen and oxygen atoms in total. The Bertz CT molecular complexity index is 617. The number of carbonyl (C=O) groups excluding carboxylic acids is 2. The normalized spacial score (nSPS) is 11.3. The Hall–Kier alpha value is -2.52. The second kappa shape index (κ2) is 5.89. The van der Waals surface area contributed by atoms with Gasteiger partial charge in [0, 0.05) is 17.1 Å². The van der Waals surface area contributed by atoms with Crippen LogP contribution in [0.2, 0.25) is 0 Å². The monoisotopic (exact) mass is 271 g/mol. The minimum atomic E-state index is -1.37. The van der Waals surface area contributed by atoms with Gasteiger partial charge in [-0.25, -0.2) is 4.98 Å². The van der Waals surface area contributed by atoms with E-state index in [1.54, 1.807) is 41.8 Å². The van der Waals surface area contributed by atoms with Gasteiger partial charge in [-0.15, -0.1) is 11.3 Å². The van der Waals surface area contributed by atoms with E-state index in [0.717, 1.165) is 0 Å². The van der Waals surface area contributed by atoms with Crippen molar-refractivity contribution in [2.45, 2.75) is 0 Å². The van der Waals surface area contributed by atoms with Crippen molar-refractivity contribution in [3.8, 4) is 6.07 Å². The maximum atomic E-state index is 12.0. The van der Waals surface area contributed by atoms with Crippen LogP contribution in [0.15, 0.2) is 41.9 Å². The number of rotatable bonds is 4. The maximum Gasteiger partial charge on any atom is 0.251 e. The highest BCUT2D eigenvalue weighted by Gasteiger charge is 2.27. The smallest absolute Gasteiger partial charge is 0.251 e. The number of hydrogen-bond acceptors (Lipinski definition) is 5. The molecule has 0 aliphatic heterocycles. The van der Waals surface area contributed by atoms with Gasteiger partial charge in [-0.3, -0.25) is 9.59 Å². The van der Waals surface area contributed by atoms with Gasteiger partial charge < -0.3 is 5.32 Å². The van der Waals surface area contributed by atoms with Crippen LogP contribution in [-0.4, -0.2) is 16.7 Å². The van der Waals surface area contributed by atoms with E-state index in [1.165, 1.54) is 17.5 Å². The lowest BCUT2D eigenvalue weighted by Gasteiger charge is -2.07. The van der Waals surface area contributed by atoms with Crippen LogP contribution in [0.1, 0.15) is 10.4 Å². The molecule has 0 spiro atoms. The number of nitriles is 1. The molecule has 2 rings (SSSR count). The fourth-order valence-corrected chi connectivity index (χ4v) is 2.00. The molecule has 0 unspecified atom stereocenters. The molecule has 1 N–H and O–H groups in total. The second-order valence-electron chi connectivity index (χ2n) is 3.62. The highest BCUT2D eigenvalue weighted by molar-refractivity contribution is 7.13. The molecule has 19 heavy (non-hydrogen) atoms. The molecule has 1 aromatic carbocycles. The van der Waals surface area contributed by atoms with E-state index in [-0.39, 0.29) is 0 Å². The lowest BCUT2D eigenvalue weighted by atomic mass is 9.98. The third-order valence-electron chi connectivity index (χ3n) is 2.37. The molecule has 0 fully saturated rings. The van der Waals surface area contributed by atoms with Crippen LogP contribution < -0.4 is 5.32 Å². The van der Waals surface area contributed by atoms with Crippen LogP contribution in [-0.2, 0) is 4.79 Å². The summed E-state index contributed by atoms with van der Waals surface area (Å²) in [4.78, 5) is 27.8. The Labute approximate surface area is 113 Å². The molecule has 0 aliphatic carbocycles. The first kappa shape index (κ1) is 12.9. The summed E-state index contributed by atoms with van der Waals surface area (Å²) in [7, 11) is 0. The first-order chi connectivity index (χ1) is 9.22. The van der Waals surface area contributed by atoms with Gasteiger partial charge in [-0.05, 0) is 0 Å². The number of aromatic nitrogens is 1. The average molecular weight is 271 g/mol. The molecular formula is C13H9N3O2S. The predicted octanol–water partition coefficient (Wildman–Crippen LogP) is 2.10. The lowest BCUT2D eigenvalue weighted by Crippen LogP contribution is -2.28. The molecule has 0 bridgehead atoms. The van der Waals surface area contributed by atoms with Gasteiger partial charge in [0.2, 0.25) is 0 Å². The lowest BCUT2D eigenvalue weighted by molar-refractivity contribution is -0.117. The standard InChI is InChI=1S/C13H9N3O2S/c14-8-10(11(17)9-4-2-1-3-5-9)12(18)16-13-15-6-7-19-13/h1-7,10H,(H,15,16,18)/t10-/m1/s1. The molecule has 1 heterocycles. The zero-order chi connectivity index (χ0) is 13.7. The minimum Gasteiger partial charge on any atom is -0.300 e. The summed E-state index contributed by atoms with van der Waals surface area (Å²) in [6.07, 6.45) is 1.53. The largest absolute Gasteiger partial charge is 0.300 e. The van der Waals surface area contributed by atoms with Crippen molar-refractivity contribution < 1.29 is 9.59 Å². The summed E-state index contributed by atoms with van der Waals surface area (Å²) in [6.45, 7) is 0. The van der Waals surface area contributed by atoms with Crippen molar-refractivity contribution in [2.24, 2.45) is 5.92 Å². The van der Waals surface area contributed by atoms with Gasteiger partial charge in [0.1, 0.15) is 0 Å². The van der Waals surface area contributed by atoms with Crippen LogP contribution in [0.5, 0.6) is 0 Å². The van der Waals surface area contributed by atoms with Crippen LogP contribution in [0.4, 0.5) is 5.13 Å². The molecule has 0 saturated heterocycles. The van der Waals surface area contributed by atoms with E-state index in [2.05, 4.69) is 10.3 Å². The zero-order valence-corrected chi connectivity index (χ0v) is 10.6. The Morgan fingerprint density at radius 1 is 1.32 bits per heavy atom. The number of anilines is 1. The molecule has 1 aromatic heterocycles. The summed E-state index contributed by atoms with van der Waals surface area (Å²) in [5.41, 5.74) is 0.336. The first-order valence-electron chi connectivity index (χ1n) is 5.41. The SMILES string of the molecule is N#C[C@@H](C(=O)Nc1nccs1)C(=O)c1ccccc1. The number of amides is 1. The van der Waals surface area contributed by atoms with Crippen molar-refractivity contribution in [3.05, 3.63) is 47.5 Å². The number of ketones is 1. The van der Waals surface area contributed by atoms with Crippen LogP contribution in [0, 0.1) is 17.2 Å². The molecule has 1 atom stereocenters. The van der Waals surface area contributed by atoms with E-state index >= 15 is 0 Å². The highest BCUT2D eigenvalue weighted by atomic mass is 32.1. The summed E-state index contributed by atoms with van der Waals surface area (Å²) in [5, 5.41) is 13.5. The first-order valence-corrected chi connectivity index (χ1v) is 6.29. The van der Waals surface area contributed by atoms with Crippen molar-refractivity contribution >= 4 is 28.2 Å². The van der Waals surface area contributed by atoms with Crippen LogP contribution in [0.25, 0.3) is 0 Å². The molecule has 0 aliphatic rings. The molecule has 94 valence electrons. The highest BCUT2D eigenvalue weighted by Crippen LogP contribution is 2.14. The van der Waals surface area contributed by atoms with Crippen molar-refractivity contribution in [3.63, 3.8) is 0 Å². The van der Waals surface area contributed by atoms with E-state index in [9.17, 15) is 9.59 Å². The fraction of sp³-hybridized carbons (Fsp3) is 0.0769. The van der Waals surface area contributed by atoms with Crippen molar-refractivity contribution in [2.75, 3.05) is 5.32 Å². The summed E-state index contributed by atoms with van der Waals surface area (Å²) in [5.74, 6) is -2.55. The molecule has 0 radical (unpaired) electrons. The van der Waals surface area contributed by atoms with E-state index < -0.39 is 17.6 Å². The quantitative estimate of drug-likeness (QED) is 0.682. The van der Waals surface area contributed by atoms with E-state index in [1.807, 2.05) is 0 Å². The predicted molar refractivity (Wildman–Crippen MR) is 70.6 cm³/mol. The number of carbonyl (C=O) groups is 2. The van der Waals surface area contributed by atoms with Crippen LogP contribution >= 0.6 is 11.3 Å². The third-order valence-corrected chi connectivity index (χ3v) is 3.06. The zero-order valence-electron chi connectivity index (χ0n) is 9.74. The Morgan fingerprint density at radius 3 is 2.63 bits per heavy atom. The second-order valence-corrected chi connectivity index (χ2v) is 4.51. The summed E-state index contributed by atoms with van der Waals surface area (Å²) in [6, 6.07) is 9.99. The molecule has 0 saturated carbocycles. The number of benzene rings is 1. The van der Waals surface area contributed by atoms with Gasteiger partial charge >= 0.3 is 0 Å². The number of thiazole rings is 1. The Morgan fingerprint density at radius 2 is 2.05 bits per heavy atom. The van der Waals surface area contributed by atoms with Gasteiger partial charge in [0.05, 0.1) is 6.07 Å². The average Bonchev–Trinajstić information content (AvgIpc) is 2.93. The number of nitrogens with one attached hydrogen (secondary N) is 1. The fourth-order valence-electron chi connectivity index (χ4n) is 1.47.